The van der Waals surface area contributed by atoms with E-state index in [1.807, 2.05) is 6.92 Å². The van der Waals surface area contributed by atoms with E-state index in [1.54, 1.807) is 0 Å². The maximum atomic E-state index is 11.1. The van der Waals surface area contributed by atoms with Gasteiger partial charge in [0.2, 0.25) is 0 Å². The zero-order chi connectivity index (χ0) is 17.6. The average Bonchev–Trinajstić information content (AvgIpc) is 2.48. The number of hydrogen-bond donors (Lipinski definition) is 1. The van der Waals surface area contributed by atoms with Gasteiger partial charge in [0, 0.05) is 5.25 Å². The van der Waals surface area contributed by atoms with E-state index in [4.69, 9.17) is 0 Å². The molecule has 0 aromatic rings. The quantitative estimate of drug-likeness (QED) is 0.254. The van der Waals surface area contributed by atoms with Crippen molar-refractivity contribution in [2.75, 3.05) is 0 Å². The standard InChI is InChI=1S/C18H38O4S.Na/c1-3-5-6-7-8-9-10-14-17(19)15-11-12-16-18(13-4-2)23(20,21)22;/h17-19H,3-16H2,1-2H3,(H,20,21,22);/q;+1/p-1. The smallest absolute Gasteiger partial charge is 0.748 e. The molecule has 0 saturated heterocycles. The van der Waals surface area contributed by atoms with Crippen molar-refractivity contribution < 1.29 is 47.6 Å². The first-order chi connectivity index (χ1) is 10.9. The van der Waals surface area contributed by atoms with Gasteiger partial charge in [-0.05, 0) is 25.7 Å². The number of aliphatic hydroxyl groups excluding tert-OH is 1. The summed E-state index contributed by atoms with van der Waals surface area (Å²) in [4.78, 5) is 0. The predicted octanol–water partition coefficient (Wildman–Crippen LogP) is 1.77. The van der Waals surface area contributed by atoms with Crippen molar-refractivity contribution in [2.45, 2.75) is 115 Å². The molecular formula is C18H37NaO4S. The van der Waals surface area contributed by atoms with Gasteiger partial charge in [-0.2, -0.15) is 0 Å². The normalized spacial score (nSPS) is 14.2. The number of hydrogen-bond acceptors (Lipinski definition) is 4. The summed E-state index contributed by atoms with van der Waals surface area (Å²) in [7, 11) is -4.17. The molecule has 0 aromatic heterocycles. The van der Waals surface area contributed by atoms with Crippen LogP contribution in [0, 0.1) is 0 Å². The van der Waals surface area contributed by atoms with Crippen LogP contribution < -0.4 is 29.6 Å². The number of aliphatic hydroxyl groups is 1. The molecule has 2 atom stereocenters. The Hall–Kier alpha value is 0.870. The van der Waals surface area contributed by atoms with Crippen LogP contribution in [-0.2, 0) is 10.1 Å². The largest absolute Gasteiger partial charge is 1.00 e. The Morgan fingerprint density at radius 3 is 1.71 bits per heavy atom. The summed E-state index contributed by atoms with van der Waals surface area (Å²) in [5.41, 5.74) is 0. The molecule has 140 valence electrons. The SMILES string of the molecule is CCCCCCCCCC(O)CCCCC(CCC)S(=O)(=O)[O-].[Na+]. The molecule has 24 heavy (non-hydrogen) atoms. The summed E-state index contributed by atoms with van der Waals surface area (Å²) in [6.07, 6.45) is 13.1. The Morgan fingerprint density at radius 1 is 0.750 bits per heavy atom. The summed E-state index contributed by atoms with van der Waals surface area (Å²) in [6, 6.07) is 0. The van der Waals surface area contributed by atoms with Gasteiger partial charge in [0.1, 0.15) is 0 Å². The Balaban J connectivity index is 0. The van der Waals surface area contributed by atoms with E-state index in [2.05, 4.69) is 6.92 Å². The molecule has 0 spiro atoms. The van der Waals surface area contributed by atoms with Gasteiger partial charge in [-0.1, -0.05) is 78.1 Å². The van der Waals surface area contributed by atoms with Gasteiger partial charge in [0.15, 0.2) is 0 Å². The topological polar surface area (TPSA) is 77.4 Å². The molecule has 0 aliphatic carbocycles. The number of rotatable bonds is 16. The maximum absolute atomic E-state index is 11.1. The van der Waals surface area contributed by atoms with Crippen LogP contribution in [0.5, 0.6) is 0 Å². The Morgan fingerprint density at radius 2 is 1.21 bits per heavy atom. The van der Waals surface area contributed by atoms with E-state index in [-0.39, 0.29) is 35.7 Å². The van der Waals surface area contributed by atoms with Gasteiger partial charge in [0.25, 0.3) is 0 Å². The fourth-order valence-electron chi connectivity index (χ4n) is 2.99. The van der Waals surface area contributed by atoms with Crippen LogP contribution in [0.2, 0.25) is 0 Å². The molecule has 4 nitrogen and oxygen atoms in total. The van der Waals surface area contributed by atoms with E-state index in [1.165, 1.54) is 38.5 Å². The third kappa shape index (κ3) is 16.3. The fourth-order valence-corrected chi connectivity index (χ4v) is 3.97. The molecule has 0 rings (SSSR count). The van der Waals surface area contributed by atoms with Crippen LogP contribution in [0.25, 0.3) is 0 Å². The second kappa shape index (κ2) is 17.3. The van der Waals surface area contributed by atoms with Crippen molar-refractivity contribution in [3.05, 3.63) is 0 Å². The molecule has 0 fully saturated rings. The molecule has 0 bridgehead atoms. The molecule has 0 amide bonds. The summed E-state index contributed by atoms with van der Waals surface area (Å²) in [6.45, 7) is 4.11. The molecule has 6 heteroatoms. The van der Waals surface area contributed by atoms with Crippen LogP contribution in [0.4, 0.5) is 0 Å². The third-order valence-corrected chi connectivity index (χ3v) is 5.76. The van der Waals surface area contributed by atoms with E-state index in [0.29, 0.717) is 32.1 Å². The zero-order valence-electron chi connectivity index (χ0n) is 16.1. The number of unbranched alkanes of at least 4 members (excludes halogenated alkanes) is 7. The molecular weight excluding hydrogens is 335 g/mol. The van der Waals surface area contributed by atoms with E-state index in [0.717, 1.165) is 19.3 Å². The van der Waals surface area contributed by atoms with Crippen molar-refractivity contribution in [1.82, 2.24) is 0 Å². The molecule has 0 aromatic carbocycles. The third-order valence-electron chi connectivity index (χ3n) is 4.47. The van der Waals surface area contributed by atoms with Gasteiger partial charge in [-0.15, -0.1) is 0 Å². The van der Waals surface area contributed by atoms with E-state index >= 15 is 0 Å². The van der Waals surface area contributed by atoms with Crippen molar-refractivity contribution in [3.8, 4) is 0 Å². The minimum atomic E-state index is -4.17. The minimum absolute atomic E-state index is 0. The summed E-state index contributed by atoms with van der Waals surface area (Å²) in [5.74, 6) is 0. The van der Waals surface area contributed by atoms with E-state index < -0.39 is 15.4 Å². The van der Waals surface area contributed by atoms with Gasteiger partial charge in [-0.25, -0.2) is 8.42 Å². The van der Waals surface area contributed by atoms with Gasteiger partial charge in [0.05, 0.1) is 16.2 Å². The van der Waals surface area contributed by atoms with Crippen LogP contribution >= 0.6 is 0 Å². The summed E-state index contributed by atoms with van der Waals surface area (Å²) in [5, 5.41) is 9.20. The van der Waals surface area contributed by atoms with Gasteiger partial charge in [-0.3, -0.25) is 0 Å². The maximum Gasteiger partial charge on any atom is 1.00 e. The van der Waals surface area contributed by atoms with Crippen LogP contribution in [0.15, 0.2) is 0 Å². The Bertz CT molecular complexity index is 360. The molecule has 0 saturated carbocycles. The first kappa shape index (κ1) is 27.1. The first-order valence-corrected chi connectivity index (χ1v) is 11.0. The van der Waals surface area contributed by atoms with Crippen LogP contribution in [-0.4, -0.2) is 29.4 Å². The van der Waals surface area contributed by atoms with E-state index in [9.17, 15) is 18.1 Å². The van der Waals surface area contributed by atoms with Gasteiger partial charge >= 0.3 is 29.6 Å². The van der Waals surface area contributed by atoms with Crippen LogP contribution in [0.3, 0.4) is 0 Å². The molecule has 0 aliphatic rings. The molecule has 0 radical (unpaired) electrons. The second-order valence-electron chi connectivity index (χ2n) is 6.75. The Kier molecular flexibility index (Phi) is 19.5. The van der Waals surface area contributed by atoms with Crippen LogP contribution in [0.1, 0.15) is 104 Å². The predicted molar refractivity (Wildman–Crippen MR) is 95.5 cm³/mol. The Labute approximate surface area is 172 Å². The summed E-state index contributed by atoms with van der Waals surface area (Å²) < 4.78 is 33.3. The molecule has 2 unspecified atom stereocenters. The monoisotopic (exact) mass is 372 g/mol. The van der Waals surface area contributed by atoms with Crippen molar-refractivity contribution in [2.24, 2.45) is 0 Å². The zero-order valence-corrected chi connectivity index (χ0v) is 19.0. The second-order valence-corrected chi connectivity index (χ2v) is 8.40. The van der Waals surface area contributed by atoms with Gasteiger partial charge < -0.3 is 9.66 Å². The van der Waals surface area contributed by atoms with Crippen molar-refractivity contribution >= 4 is 10.1 Å². The first-order valence-electron chi connectivity index (χ1n) is 9.54. The van der Waals surface area contributed by atoms with Crippen molar-refractivity contribution in [1.29, 1.82) is 0 Å². The average molecular weight is 373 g/mol. The fraction of sp³-hybridized carbons (Fsp3) is 1.00. The van der Waals surface area contributed by atoms with Crippen molar-refractivity contribution in [3.63, 3.8) is 0 Å². The molecule has 1 N–H and O–H groups in total. The molecule has 0 heterocycles. The summed E-state index contributed by atoms with van der Waals surface area (Å²) >= 11 is 0. The molecule has 0 aliphatic heterocycles. The minimum Gasteiger partial charge on any atom is -0.748 e.